The first-order valence-corrected chi connectivity index (χ1v) is 27.1. The van der Waals surface area contributed by atoms with Gasteiger partial charge in [-0.15, -0.1) is 22.7 Å². The molecule has 63 heavy (non-hydrogen) atoms. The number of hydrogen-bond acceptors (Lipinski definition) is 9. The zero-order valence-electron chi connectivity index (χ0n) is 39.2. The van der Waals surface area contributed by atoms with Crippen LogP contribution in [-0.2, 0) is 12.8 Å². The van der Waals surface area contributed by atoms with Crippen molar-refractivity contribution in [3.8, 4) is 32.7 Å². The van der Waals surface area contributed by atoms with E-state index in [9.17, 15) is 0 Å². The summed E-state index contributed by atoms with van der Waals surface area (Å²) >= 11 is 5.08. The molecule has 0 bridgehead atoms. The highest BCUT2D eigenvalue weighted by Gasteiger charge is 2.25. The molecule has 7 rings (SSSR count). The number of anilines is 2. The molecule has 0 fully saturated rings. The summed E-state index contributed by atoms with van der Waals surface area (Å²) < 4.78 is 12.7. The largest absolute Gasteiger partial charge is 0.372 e. The van der Waals surface area contributed by atoms with Gasteiger partial charge in [0.05, 0.1) is 33.6 Å². The minimum absolute atomic E-state index is 0.836. The van der Waals surface area contributed by atoms with Gasteiger partial charge in [0.2, 0.25) is 0 Å². The molecule has 0 radical (unpaired) electrons. The van der Waals surface area contributed by atoms with Crippen LogP contribution in [0.4, 0.5) is 10.7 Å². The summed E-state index contributed by atoms with van der Waals surface area (Å²) in [6.07, 6.45) is 22.5. The number of unbranched alkanes of at least 4 members (excludes halogenated alkanes) is 12. The van der Waals surface area contributed by atoms with E-state index in [2.05, 4.69) is 112 Å². The van der Waals surface area contributed by atoms with Crippen LogP contribution in [0.1, 0.15) is 156 Å². The van der Waals surface area contributed by atoms with Crippen molar-refractivity contribution in [3.63, 3.8) is 0 Å². The summed E-state index contributed by atoms with van der Waals surface area (Å²) in [6.45, 7) is 18.1. The van der Waals surface area contributed by atoms with Gasteiger partial charge in [0.1, 0.15) is 16.6 Å². The van der Waals surface area contributed by atoms with Crippen LogP contribution in [0.15, 0.2) is 60.7 Å². The standard InChI is InChI=1S/C54H72N6S3/c1-7-13-17-19-21-23-35-59(36-24-22-20-18-14-8-2)42-31-29-40(30-32-42)39-25-27-41(28-26-39)49-51-52(56-44(12-6)43(11-5)55-51)50(54-53(49)57-63-58-54)47-37-45-46(61-47)38-48(62-45)60(33-15-9-3)34-16-10-4/h25-32,37-38H,7-24,33-36H2,1-6H3. The molecule has 0 saturated heterocycles. The highest BCUT2D eigenvalue weighted by Crippen LogP contribution is 2.47. The van der Waals surface area contributed by atoms with E-state index in [4.69, 9.17) is 18.7 Å². The number of aryl methyl sites for hydroxylation is 2. The predicted octanol–water partition coefficient (Wildman–Crippen LogP) is 17.0. The molecule has 7 aromatic rings. The number of hydrogen-bond donors (Lipinski definition) is 0. The SMILES string of the molecule is CCCCCCCCN(CCCCCCCC)c1ccc(-c2ccc(-c3c4nsnc4c(-c4cc5sc(N(CCCC)CCCC)cc5s4)c4nc(CC)c(CC)nc34)cc2)cc1. The Balaban J connectivity index is 1.18. The average Bonchev–Trinajstić information content (AvgIpc) is 4.06. The Hall–Kier alpha value is -3.92. The monoisotopic (exact) mass is 900 g/mol. The van der Waals surface area contributed by atoms with Crippen LogP contribution in [0, 0.1) is 0 Å². The van der Waals surface area contributed by atoms with E-state index in [1.807, 2.05) is 22.7 Å². The fourth-order valence-corrected chi connectivity index (χ4v) is 12.1. The fraction of sp³-hybridized carbons (Fsp3) is 0.519. The molecule has 6 nitrogen and oxygen atoms in total. The Bertz CT molecular complexity index is 2410. The number of aromatic nitrogens is 4. The van der Waals surface area contributed by atoms with Gasteiger partial charge in [-0.25, -0.2) is 9.97 Å². The molecule has 9 heteroatoms. The van der Waals surface area contributed by atoms with E-state index >= 15 is 0 Å². The summed E-state index contributed by atoms with van der Waals surface area (Å²) in [7, 11) is 0. The van der Waals surface area contributed by atoms with Crippen molar-refractivity contribution in [1.29, 1.82) is 0 Å². The van der Waals surface area contributed by atoms with E-state index < -0.39 is 0 Å². The molecule has 0 unspecified atom stereocenters. The van der Waals surface area contributed by atoms with Crippen molar-refractivity contribution in [2.75, 3.05) is 36.0 Å². The third-order valence-corrected chi connectivity index (χ3v) is 15.7. The maximum atomic E-state index is 5.45. The molecule has 0 N–H and O–H groups in total. The van der Waals surface area contributed by atoms with E-state index in [1.165, 1.54) is 151 Å². The van der Waals surface area contributed by atoms with Gasteiger partial charge < -0.3 is 9.80 Å². The van der Waals surface area contributed by atoms with Crippen molar-refractivity contribution in [3.05, 3.63) is 72.1 Å². The number of thiophene rings is 2. The molecule has 0 aliphatic rings. The van der Waals surface area contributed by atoms with Gasteiger partial charge in [0.25, 0.3) is 0 Å². The number of nitrogens with zero attached hydrogens (tertiary/aromatic N) is 6. The van der Waals surface area contributed by atoms with Gasteiger partial charge in [-0.1, -0.05) is 155 Å². The van der Waals surface area contributed by atoms with Crippen LogP contribution in [0.5, 0.6) is 0 Å². The first-order valence-electron chi connectivity index (χ1n) is 24.7. The smallest absolute Gasteiger partial charge is 0.116 e. The maximum Gasteiger partial charge on any atom is 0.116 e. The number of rotatable bonds is 27. The molecule has 0 aliphatic carbocycles. The van der Waals surface area contributed by atoms with Crippen molar-refractivity contribution in [2.45, 2.75) is 157 Å². The van der Waals surface area contributed by atoms with Gasteiger partial charge in [0.15, 0.2) is 0 Å². The molecule has 3 aromatic carbocycles. The summed E-state index contributed by atoms with van der Waals surface area (Å²) in [5, 5.41) is 1.39. The molecule has 0 atom stereocenters. The summed E-state index contributed by atoms with van der Waals surface area (Å²) in [5.41, 5.74) is 12.9. The number of fused-ring (bicyclic) bond motifs is 3. The Morgan fingerprint density at radius 3 is 1.43 bits per heavy atom. The minimum Gasteiger partial charge on any atom is -0.372 e. The Labute approximate surface area is 390 Å². The second-order valence-electron chi connectivity index (χ2n) is 17.5. The Morgan fingerprint density at radius 2 is 0.889 bits per heavy atom. The average molecular weight is 901 g/mol. The van der Waals surface area contributed by atoms with Crippen molar-refractivity contribution in [2.24, 2.45) is 0 Å². The second-order valence-corrected chi connectivity index (χ2v) is 20.2. The molecular formula is C54H72N6S3. The lowest BCUT2D eigenvalue weighted by atomic mass is 9.95. The van der Waals surface area contributed by atoms with Crippen LogP contribution in [0.2, 0.25) is 0 Å². The third kappa shape index (κ3) is 11.5. The molecule has 0 spiro atoms. The zero-order valence-corrected chi connectivity index (χ0v) is 41.7. The first-order chi connectivity index (χ1) is 31.0. The van der Waals surface area contributed by atoms with E-state index in [0.29, 0.717) is 0 Å². The van der Waals surface area contributed by atoms with Gasteiger partial charge in [0, 0.05) is 57.3 Å². The maximum absolute atomic E-state index is 5.45. The molecular weight excluding hydrogens is 829 g/mol. The molecule has 0 saturated carbocycles. The normalized spacial score (nSPS) is 11.8. The lowest BCUT2D eigenvalue weighted by Gasteiger charge is -2.25. The van der Waals surface area contributed by atoms with E-state index in [0.717, 1.165) is 89.2 Å². The first kappa shape index (κ1) is 47.1. The van der Waals surface area contributed by atoms with Crippen molar-refractivity contribution < 1.29 is 0 Å². The molecule has 4 aromatic heterocycles. The Kier molecular flexibility index (Phi) is 17.8. The summed E-state index contributed by atoms with van der Waals surface area (Å²) in [5.74, 6) is 0. The molecule has 336 valence electrons. The van der Waals surface area contributed by atoms with Crippen LogP contribution >= 0.6 is 34.4 Å². The van der Waals surface area contributed by atoms with E-state index in [-0.39, 0.29) is 0 Å². The van der Waals surface area contributed by atoms with Gasteiger partial charge >= 0.3 is 0 Å². The lowest BCUT2D eigenvalue weighted by molar-refractivity contribution is 0.575. The van der Waals surface area contributed by atoms with Crippen LogP contribution in [0.3, 0.4) is 0 Å². The van der Waals surface area contributed by atoms with Gasteiger partial charge in [-0.3, -0.25) is 0 Å². The molecule has 4 heterocycles. The van der Waals surface area contributed by atoms with Crippen molar-refractivity contribution in [1.82, 2.24) is 18.7 Å². The van der Waals surface area contributed by atoms with Crippen molar-refractivity contribution >= 4 is 76.6 Å². The van der Waals surface area contributed by atoms with Crippen LogP contribution < -0.4 is 9.80 Å². The van der Waals surface area contributed by atoms with E-state index in [1.54, 1.807) is 0 Å². The highest BCUT2D eigenvalue weighted by molar-refractivity contribution is 7.31. The quantitative estimate of drug-likeness (QED) is 0.0479. The second kappa shape index (κ2) is 23.8. The lowest BCUT2D eigenvalue weighted by Crippen LogP contribution is -2.25. The zero-order chi connectivity index (χ0) is 44.0. The minimum atomic E-state index is 0.836. The molecule has 0 aliphatic heterocycles. The fourth-order valence-electron chi connectivity index (χ4n) is 9.03. The van der Waals surface area contributed by atoms with Crippen LogP contribution in [0.25, 0.3) is 64.2 Å². The van der Waals surface area contributed by atoms with Crippen LogP contribution in [-0.4, -0.2) is 44.9 Å². The summed E-state index contributed by atoms with van der Waals surface area (Å²) in [4.78, 5) is 17.4. The number of benzene rings is 3. The predicted molar refractivity (Wildman–Crippen MR) is 280 cm³/mol. The van der Waals surface area contributed by atoms with Gasteiger partial charge in [-0.05, 0) is 79.5 Å². The summed E-state index contributed by atoms with van der Waals surface area (Å²) in [6, 6.07) is 23.2. The topological polar surface area (TPSA) is 58.0 Å². The molecule has 0 amide bonds. The highest BCUT2D eigenvalue weighted by atomic mass is 32.1. The third-order valence-electron chi connectivity index (χ3n) is 12.8. The van der Waals surface area contributed by atoms with Gasteiger partial charge in [-0.2, -0.15) is 8.75 Å². The Morgan fingerprint density at radius 1 is 0.429 bits per heavy atom.